The lowest BCUT2D eigenvalue weighted by Gasteiger charge is -1.52. The lowest BCUT2D eigenvalue weighted by Crippen LogP contribution is -1.69. The van der Waals surface area contributed by atoms with Crippen LogP contribution in [0.1, 0.15) is 13.8 Å². The number of rotatable bonds is 2. The summed E-state index contributed by atoms with van der Waals surface area (Å²) in [6.07, 6.45) is 0. The molecule has 15 heavy (non-hydrogen) atoms. The van der Waals surface area contributed by atoms with Gasteiger partial charge in [0, 0.05) is 22.3 Å². The molecule has 6 N–H and O–H groups in total. The normalized spacial score (nSPS) is 9.07. The van der Waals surface area contributed by atoms with Crippen LogP contribution in [0.3, 0.4) is 0 Å². The molecule has 94 valence electrons. The predicted molar refractivity (Wildman–Crippen MR) is 56.4 cm³/mol. The highest BCUT2D eigenvalue weighted by Crippen LogP contribution is 2.30. The number of hydrogen-bond acceptors (Lipinski definition) is 6. The zero-order valence-electron chi connectivity index (χ0n) is 8.90. The Morgan fingerprint density at radius 3 is 1.13 bits per heavy atom. The molecule has 0 saturated heterocycles. The smallest absolute Gasteiger partial charge is 0.397 e. The number of nitrogens with two attached hydrogens (primary N) is 1. The topological polar surface area (TPSA) is 150 Å². The second-order valence-corrected chi connectivity index (χ2v) is 2.79. The van der Waals surface area contributed by atoms with Crippen LogP contribution in [0.15, 0.2) is 0 Å². The Bertz CT molecular complexity index is 121. The number of aliphatic hydroxyl groups excluding tert-OH is 2. The summed E-state index contributed by atoms with van der Waals surface area (Å²) in [7, 11) is -4.35. The zero-order valence-corrected chi connectivity index (χ0v) is 10.7. The summed E-state index contributed by atoms with van der Waals surface area (Å²) in [5.41, 5.74) is 4.50. The first-order valence-corrected chi connectivity index (χ1v) is 6.01. The molecule has 0 rings (SSSR count). The van der Waals surface area contributed by atoms with E-state index in [0.29, 0.717) is 0 Å². The maximum atomic E-state index is 9.39. The number of hydrogen-bond donors (Lipinski definition) is 5. The maximum absolute atomic E-state index is 9.39. The third-order valence-corrected chi connectivity index (χ3v) is 1.26. The monoisotopic (exact) mass is 267 g/mol. The molecule has 0 saturated carbocycles. The lowest BCUT2D eigenvalue weighted by atomic mass is 10.9. The molecule has 0 aromatic heterocycles. The van der Waals surface area contributed by atoms with Gasteiger partial charge < -0.3 is 15.9 Å². The summed E-state index contributed by atoms with van der Waals surface area (Å²) < 4.78 is 22.2. The van der Waals surface area contributed by atoms with E-state index in [9.17, 15) is 9.13 Å². The van der Waals surface area contributed by atoms with Gasteiger partial charge in [0.15, 0.2) is 4.31 Å². The first-order valence-electron chi connectivity index (χ1n) is 3.75. The fourth-order valence-electron chi connectivity index (χ4n) is 0.0598. The van der Waals surface area contributed by atoms with Crippen molar-refractivity contribution in [3.63, 3.8) is 0 Å². The van der Waals surface area contributed by atoms with Crippen molar-refractivity contribution in [2.24, 2.45) is 5.73 Å². The molecule has 0 spiro atoms. The van der Waals surface area contributed by atoms with Crippen LogP contribution in [0.4, 0.5) is 0 Å². The van der Waals surface area contributed by atoms with Crippen LogP contribution in [0.5, 0.6) is 0 Å². The fraction of sp³-hybridized carbons (Fsp3) is 1.00. The van der Waals surface area contributed by atoms with Gasteiger partial charge in [0.1, 0.15) is 0 Å². The van der Waals surface area contributed by atoms with Crippen molar-refractivity contribution >= 4 is 16.5 Å². The molecule has 8 nitrogen and oxygen atoms in total. The highest BCUT2D eigenvalue weighted by Gasteiger charge is 2.31. The summed E-state index contributed by atoms with van der Waals surface area (Å²) >= 11 is 0. The molecule has 2 unspecified atom stereocenters. The van der Waals surface area contributed by atoms with Crippen molar-refractivity contribution < 1.29 is 33.4 Å². The van der Waals surface area contributed by atoms with Gasteiger partial charge in [0.05, 0.1) is 0 Å². The van der Waals surface area contributed by atoms with Gasteiger partial charge in [0.25, 0.3) is 0 Å². The van der Waals surface area contributed by atoms with Gasteiger partial charge in [0.2, 0.25) is 0 Å². The van der Waals surface area contributed by atoms with Gasteiger partial charge in [-0.2, -0.15) is 0 Å². The Morgan fingerprint density at radius 1 is 1.00 bits per heavy atom. The largest absolute Gasteiger partial charge is 0.745 e. The molecule has 0 aromatic carbocycles. The van der Waals surface area contributed by atoms with Gasteiger partial charge in [-0.1, -0.05) is 0 Å². The van der Waals surface area contributed by atoms with Crippen molar-refractivity contribution in [3.05, 3.63) is 0 Å². The van der Waals surface area contributed by atoms with Crippen LogP contribution in [0, 0.1) is 0 Å². The van der Waals surface area contributed by atoms with E-state index in [1.807, 2.05) is 0 Å². The van der Waals surface area contributed by atoms with Crippen LogP contribution >= 0.6 is 16.5 Å². The predicted octanol–water partition coefficient (Wildman–Crippen LogP) is -0.126. The highest BCUT2D eigenvalue weighted by molar-refractivity contribution is 7.46. The quantitative estimate of drug-likeness (QED) is 0.434. The Hall–Kier alpha value is -0.0400. The van der Waals surface area contributed by atoms with Crippen LogP contribution in [0.2, 0.25) is 0 Å². The van der Waals surface area contributed by atoms with E-state index >= 15 is 0 Å². The Labute approximate surface area is 90.6 Å². The van der Waals surface area contributed by atoms with E-state index < -0.39 is 16.5 Å². The highest BCUT2D eigenvalue weighted by atomic mass is 31.2. The minimum Gasteiger partial charge on any atom is -0.397 e. The number of aliphatic hydroxyl groups is 2. The average molecular weight is 267 g/mol. The van der Waals surface area contributed by atoms with Crippen molar-refractivity contribution in [1.29, 1.82) is 0 Å². The van der Waals surface area contributed by atoms with Crippen LogP contribution in [0.25, 0.3) is 0 Å². The Balaban J connectivity index is -0.0000000638. The first-order chi connectivity index (χ1) is 6.95. The van der Waals surface area contributed by atoms with Crippen molar-refractivity contribution in [3.8, 4) is 0 Å². The molecule has 0 aromatic rings. The second kappa shape index (κ2) is 29.2. The van der Waals surface area contributed by atoms with Gasteiger partial charge in [-0.3, -0.25) is 0 Å². The molecule has 10 heteroatoms. The van der Waals surface area contributed by atoms with Gasteiger partial charge in [-0.25, -0.2) is 0 Å². The SMILES string of the molecule is CCO.CCO.CN.O=[P+](O)O[P+](=O)O. The zero-order chi connectivity index (χ0) is 13.3. The standard InChI is InChI=1S/2C2H6O.CH5N.O5P2/c2*1-2-3;1-2;1-6(2)5-7(3)4/h2*3H,2H2,1H3;2H2,1H3;/p+2. The van der Waals surface area contributed by atoms with E-state index in [0.717, 1.165) is 0 Å². The molecule has 0 radical (unpaired) electrons. The summed E-state index contributed by atoms with van der Waals surface area (Å²) in [4.78, 5) is 15.3. The molecule has 2 atom stereocenters. The third kappa shape index (κ3) is 127. The van der Waals surface area contributed by atoms with Gasteiger partial charge >= 0.3 is 16.5 Å². The average Bonchev–Trinajstić information content (AvgIpc) is 2.07. The summed E-state index contributed by atoms with van der Waals surface area (Å²) in [5.74, 6) is 0. The van der Waals surface area contributed by atoms with Gasteiger partial charge in [-0.05, 0) is 20.9 Å². The Morgan fingerprint density at radius 2 is 1.13 bits per heavy atom. The molecule has 0 amide bonds. The van der Waals surface area contributed by atoms with Gasteiger partial charge in [-0.15, -0.1) is 9.79 Å². The first kappa shape index (κ1) is 24.3. The molecule has 0 aliphatic rings. The molecule has 0 heterocycles. The minimum absolute atomic E-state index is 0.250. The van der Waals surface area contributed by atoms with E-state index in [-0.39, 0.29) is 13.2 Å². The molecule has 0 fully saturated rings. The van der Waals surface area contributed by atoms with Crippen molar-refractivity contribution in [2.75, 3.05) is 20.3 Å². The maximum Gasteiger partial charge on any atom is 0.745 e. The van der Waals surface area contributed by atoms with Crippen LogP contribution < -0.4 is 5.73 Å². The van der Waals surface area contributed by atoms with E-state index in [4.69, 9.17) is 20.0 Å². The molecule has 0 aliphatic heterocycles. The minimum atomic E-state index is -2.92. The van der Waals surface area contributed by atoms with E-state index in [1.165, 1.54) is 7.05 Å². The summed E-state index contributed by atoms with van der Waals surface area (Å²) in [6.45, 7) is 3.86. The second-order valence-electron chi connectivity index (χ2n) is 1.19. The van der Waals surface area contributed by atoms with Crippen molar-refractivity contribution in [1.82, 2.24) is 0 Å². The van der Waals surface area contributed by atoms with Crippen LogP contribution in [-0.2, 0) is 13.4 Å². The van der Waals surface area contributed by atoms with Crippen LogP contribution in [-0.4, -0.2) is 40.3 Å². The lowest BCUT2D eigenvalue weighted by molar-refractivity contribution is 0.318. The van der Waals surface area contributed by atoms with E-state index in [2.05, 4.69) is 10.0 Å². The summed E-state index contributed by atoms with van der Waals surface area (Å²) in [6, 6.07) is 0. The Kier molecular flexibility index (Phi) is 47.3. The third-order valence-electron chi connectivity index (χ3n) is 0.140. The van der Waals surface area contributed by atoms with Crippen molar-refractivity contribution in [2.45, 2.75) is 13.8 Å². The molecule has 0 aliphatic carbocycles. The summed E-state index contributed by atoms with van der Waals surface area (Å²) in [5, 5.41) is 15.1. The van der Waals surface area contributed by atoms with E-state index in [1.54, 1.807) is 13.8 Å². The molecular formula is C5H19NO7P2+2. The molecule has 0 bridgehead atoms. The fourth-order valence-corrected chi connectivity index (χ4v) is 0.538. The molecular weight excluding hydrogens is 248 g/mol.